The lowest BCUT2D eigenvalue weighted by Crippen LogP contribution is -2.49. The number of nitrogens with one attached hydrogen (secondary N) is 1. The summed E-state index contributed by atoms with van der Waals surface area (Å²) in [5.41, 5.74) is 4.67. The number of ether oxygens (including phenoxy) is 1. The van der Waals surface area contributed by atoms with Crippen LogP contribution in [0.1, 0.15) is 19.3 Å². The molecule has 0 aliphatic carbocycles. The van der Waals surface area contributed by atoms with Crippen molar-refractivity contribution in [3.8, 4) is 0 Å². The van der Waals surface area contributed by atoms with Crippen molar-refractivity contribution < 1.29 is 14.3 Å². The Kier molecular flexibility index (Phi) is 2.19. The van der Waals surface area contributed by atoms with Crippen molar-refractivity contribution in [2.75, 3.05) is 13.1 Å². The highest BCUT2D eigenvalue weighted by atomic mass is 16.6. The molecule has 2 aliphatic heterocycles. The maximum atomic E-state index is 11.2. The third-order valence-corrected chi connectivity index (χ3v) is 3.12. The Morgan fingerprint density at radius 3 is 2.71 bits per heavy atom. The molecule has 1 unspecified atom stereocenters. The third kappa shape index (κ3) is 1.37. The van der Waals surface area contributed by atoms with Gasteiger partial charge in [-0.05, 0) is 13.1 Å². The molecule has 0 bridgehead atoms. The topological polar surface area (TPSA) is 81.4 Å². The van der Waals surface area contributed by atoms with Gasteiger partial charge in [-0.15, -0.1) is 0 Å². The highest BCUT2D eigenvalue weighted by molar-refractivity contribution is 5.86. The predicted molar refractivity (Wildman–Crippen MR) is 48.2 cm³/mol. The first-order chi connectivity index (χ1) is 6.64. The van der Waals surface area contributed by atoms with E-state index in [9.17, 15) is 9.59 Å². The van der Waals surface area contributed by atoms with E-state index in [0.717, 1.165) is 13.1 Å². The predicted octanol–water partition coefficient (Wildman–Crippen LogP) is -0.843. The van der Waals surface area contributed by atoms with Crippen LogP contribution in [0.3, 0.4) is 0 Å². The summed E-state index contributed by atoms with van der Waals surface area (Å²) < 4.78 is 5.28. The van der Waals surface area contributed by atoms with E-state index in [0.29, 0.717) is 12.8 Å². The van der Waals surface area contributed by atoms with Crippen molar-refractivity contribution in [2.24, 2.45) is 11.7 Å². The normalized spacial score (nSPS) is 30.3. The minimum Gasteiger partial charge on any atom is -0.458 e. The van der Waals surface area contributed by atoms with Gasteiger partial charge < -0.3 is 15.8 Å². The monoisotopic (exact) mass is 198 g/mol. The SMILES string of the molecule is NC(=O)C1CC(=O)OC12CCNCC2. The lowest BCUT2D eigenvalue weighted by Gasteiger charge is -2.35. The average Bonchev–Trinajstić information content (AvgIpc) is 2.44. The van der Waals surface area contributed by atoms with Gasteiger partial charge in [-0.2, -0.15) is 0 Å². The minimum absolute atomic E-state index is 0.148. The Hall–Kier alpha value is -1.10. The lowest BCUT2D eigenvalue weighted by molar-refractivity contribution is -0.152. The van der Waals surface area contributed by atoms with E-state index in [1.807, 2.05) is 0 Å². The Labute approximate surface area is 82.0 Å². The molecule has 1 atom stereocenters. The number of amides is 1. The molecule has 0 aromatic heterocycles. The fourth-order valence-electron chi connectivity index (χ4n) is 2.35. The number of carbonyl (C=O) groups is 2. The zero-order valence-corrected chi connectivity index (χ0v) is 7.91. The maximum absolute atomic E-state index is 11.2. The summed E-state index contributed by atoms with van der Waals surface area (Å²) >= 11 is 0. The Balaban J connectivity index is 2.21. The van der Waals surface area contributed by atoms with Gasteiger partial charge in [-0.1, -0.05) is 0 Å². The van der Waals surface area contributed by atoms with Crippen molar-refractivity contribution in [2.45, 2.75) is 24.9 Å². The van der Waals surface area contributed by atoms with Gasteiger partial charge in [0.05, 0.1) is 12.3 Å². The van der Waals surface area contributed by atoms with Crippen LogP contribution in [0, 0.1) is 5.92 Å². The van der Waals surface area contributed by atoms with E-state index >= 15 is 0 Å². The van der Waals surface area contributed by atoms with Crippen molar-refractivity contribution in [1.82, 2.24) is 5.32 Å². The number of carbonyl (C=O) groups excluding carboxylic acids is 2. The summed E-state index contributed by atoms with van der Waals surface area (Å²) in [5.74, 6) is -1.15. The second-order valence-electron chi connectivity index (χ2n) is 3.95. The zero-order chi connectivity index (χ0) is 10.2. The molecule has 0 aromatic carbocycles. The van der Waals surface area contributed by atoms with Crippen LogP contribution in [0.5, 0.6) is 0 Å². The largest absolute Gasteiger partial charge is 0.458 e. The van der Waals surface area contributed by atoms with Crippen LogP contribution < -0.4 is 11.1 Å². The van der Waals surface area contributed by atoms with Crippen LogP contribution in [0.2, 0.25) is 0 Å². The number of hydrogen-bond acceptors (Lipinski definition) is 4. The van der Waals surface area contributed by atoms with Crippen LogP contribution in [0.4, 0.5) is 0 Å². The molecule has 3 N–H and O–H groups in total. The minimum atomic E-state index is -0.603. The quantitative estimate of drug-likeness (QED) is 0.538. The molecule has 2 heterocycles. The highest BCUT2D eigenvalue weighted by Gasteiger charge is 2.52. The van der Waals surface area contributed by atoms with Crippen LogP contribution in [-0.4, -0.2) is 30.6 Å². The van der Waals surface area contributed by atoms with Gasteiger partial charge >= 0.3 is 5.97 Å². The molecule has 2 fully saturated rings. The average molecular weight is 198 g/mol. The van der Waals surface area contributed by atoms with Gasteiger partial charge in [-0.25, -0.2) is 0 Å². The van der Waals surface area contributed by atoms with Crippen LogP contribution in [0.15, 0.2) is 0 Å². The van der Waals surface area contributed by atoms with Gasteiger partial charge in [-0.3, -0.25) is 9.59 Å². The highest BCUT2D eigenvalue weighted by Crippen LogP contribution is 2.39. The van der Waals surface area contributed by atoms with Crippen LogP contribution in [-0.2, 0) is 14.3 Å². The third-order valence-electron chi connectivity index (χ3n) is 3.12. The van der Waals surface area contributed by atoms with Crippen LogP contribution in [0.25, 0.3) is 0 Å². The second-order valence-corrected chi connectivity index (χ2v) is 3.95. The van der Waals surface area contributed by atoms with E-state index in [1.54, 1.807) is 0 Å². The lowest BCUT2D eigenvalue weighted by atomic mass is 9.80. The molecule has 0 saturated carbocycles. The van der Waals surface area contributed by atoms with Crippen molar-refractivity contribution in [1.29, 1.82) is 0 Å². The molecule has 0 radical (unpaired) electrons. The molecular formula is C9H14N2O3. The smallest absolute Gasteiger partial charge is 0.307 e. The fraction of sp³-hybridized carbons (Fsp3) is 0.778. The van der Waals surface area contributed by atoms with Crippen molar-refractivity contribution in [3.05, 3.63) is 0 Å². The number of primary amides is 1. The number of nitrogens with two attached hydrogens (primary N) is 1. The van der Waals surface area contributed by atoms with Gasteiger partial charge in [0, 0.05) is 12.8 Å². The molecule has 0 aromatic rings. The molecule has 14 heavy (non-hydrogen) atoms. The first kappa shape index (κ1) is 9.45. The molecular weight excluding hydrogens is 184 g/mol. The summed E-state index contributed by atoms with van der Waals surface area (Å²) in [4.78, 5) is 22.4. The number of piperidine rings is 1. The van der Waals surface area contributed by atoms with Crippen molar-refractivity contribution >= 4 is 11.9 Å². The van der Waals surface area contributed by atoms with Gasteiger partial charge in [0.15, 0.2) is 0 Å². The van der Waals surface area contributed by atoms with Crippen molar-refractivity contribution in [3.63, 3.8) is 0 Å². The molecule has 5 nitrogen and oxygen atoms in total. The summed E-state index contributed by atoms with van der Waals surface area (Å²) in [6.07, 6.45) is 1.52. The molecule has 2 rings (SSSR count). The Morgan fingerprint density at radius 2 is 2.14 bits per heavy atom. The maximum Gasteiger partial charge on any atom is 0.307 e. The molecule has 2 aliphatic rings. The zero-order valence-electron chi connectivity index (χ0n) is 7.91. The fourth-order valence-corrected chi connectivity index (χ4v) is 2.35. The van der Waals surface area contributed by atoms with E-state index in [-0.39, 0.29) is 12.4 Å². The molecule has 5 heteroatoms. The Bertz CT molecular complexity index is 271. The standard InChI is InChI=1S/C9H14N2O3/c10-8(13)6-5-7(12)14-9(6)1-3-11-4-2-9/h6,11H,1-5H2,(H2,10,13). The second kappa shape index (κ2) is 3.24. The van der Waals surface area contributed by atoms with Crippen LogP contribution >= 0.6 is 0 Å². The molecule has 78 valence electrons. The Morgan fingerprint density at radius 1 is 1.50 bits per heavy atom. The van der Waals surface area contributed by atoms with E-state index in [4.69, 9.17) is 10.5 Å². The number of rotatable bonds is 1. The molecule has 2 saturated heterocycles. The first-order valence-corrected chi connectivity index (χ1v) is 4.86. The van der Waals surface area contributed by atoms with Gasteiger partial charge in [0.2, 0.25) is 5.91 Å². The van der Waals surface area contributed by atoms with E-state index < -0.39 is 17.4 Å². The molecule has 1 spiro atoms. The summed E-state index contributed by atoms with van der Waals surface area (Å²) in [6.45, 7) is 1.55. The summed E-state index contributed by atoms with van der Waals surface area (Å²) in [6, 6.07) is 0. The van der Waals surface area contributed by atoms with Gasteiger partial charge in [0.25, 0.3) is 0 Å². The number of hydrogen-bond donors (Lipinski definition) is 2. The number of esters is 1. The summed E-state index contributed by atoms with van der Waals surface area (Å²) in [7, 11) is 0. The summed E-state index contributed by atoms with van der Waals surface area (Å²) in [5, 5.41) is 3.17. The van der Waals surface area contributed by atoms with E-state index in [1.165, 1.54) is 0 Å². The van der Waals surface area contributed by atoms with Gasteiger partial charge in [0.1, 0.15) is 5.60 Å². The van der Waals surface area contributed by atoms with E-state index in [2.05, 4.69) is 5.32 Å². The first-order valence-electron chi connectivity index (χ1n) is 4.86. The molecule has 1 amide bonds.